The standard InChI is InChI=1S/C13H16N2O3S2/c1-3-13(8-14)20(17,18)15(2)9-12-7-11(10-19-12)5-4-6-16/h7,10,13,16H,3,6,9H2,1-2H3. The third-order valence-electron chi connectivity index (χ3n) is 2.65. The van der Waals surface area contributed by atoms with Gasteiger partial charge in [0.05, 0.1) is 6.07 Å². The molecule has 1 heterocycles. The maximum atomic E-state index is 12.1. The van der Waals surface area contributed by atoms with E-state index in [0.29, 0.717) is 0 Å². The largest absolute Gasteiger partial charge is 0.384 e. The van der Waals surface area contributed by atoms with Gasteiger partial charge >= 0.3 is 0 Å². The average Bonchev–Trinajstić information content (AvgIpc) is 2.85. The molecule has 0 saturated carbocycles. The zero-order valence-corrected chi connectivity index (χ0v) is 13.0. The molecule has 5 nitrogen and oxygen atoms in total. The van der Waals surface area contributed by atoms with Crippen molar-refractivity contribution in [2.75, 3.05) is 13.7 Å². The lowest BCUT2D eigenvalue weighted by atomic mass is 10.3. The van der Waals surface area contributed by atoms with Crippen LogP contribution in [0.4, 0.5) is 0 Å². The number of sulfonamides is 1. The summed E-state index contributed by atoms with van der Waals surface area (Å²) < 4.78 is 25.4. The summed E-state index contributed by atoms with van der Waals surface area (Å²) in [6.45, 7) is 1.68. The van der Waals surface area contributed by atoms with Crippen LogP contribution in [0.3, 0.4) is 0 Å². The molecule has 0 aromatic carbocycles. The van der Waals surface area contributed by atoms with E-state index in [2.05, 4.69) is 11.8 Å². The van der Waals surface area contributed by atoms with E-state index in [0.717, 1.165) is 10.4 Å². The minimum absolute atomic E-state index is 0.209. The Kier molecular flexibility index (Phi) is 6.18. The van der Waals surface area contributed by atoms with Crippen molar-refractivity contribution in [1.82, 2.24) is 4.31 Å². The molecule has 0 spiro atoms. The Labute approximate surface area is 123 Å². The highest BCUT2D eigenvalue weighted by Crippen LogP contribution is 2.19. The van der Waals surface area contributed by atoms with Crippen LogP contribution in [0.2, 0.25) is 0 Å². The summed E-state index contributed by atoms with van der Waals surface area (Å²) in [6, 6.07) is 3.60. The van der Waals surface area contributed by atoms with Crippen LogP contribution < -0.4 is 0 Å². The molecule has 0 saturated heterocycles. The van der Waals surface area contributed by atoms with E-state index in [1.807, 2.05) is 6.07 Å². The van der Waals surface area contributed by atoms with Crippen LogP contribution in [0.15, 0.2) is 11.4 Å². The minimum Gasteiger partial charge on any atom is -0.384 e. The molecule has 1 aromatic rings. The number of nitrogens with zero attached hydrogens (tertiary/aromatic N) is 2. The third kappa shape index (κ3) is 4.06. The fraction of sp³-hybridized carbons (Fsp3) is 0.462. The molecule has 1 rings (SSSR count). The molecule has 0 radical (unpaired) electrons. The third-order valence-corrected chi connectivity index (χ3v) is 5.73. The number of thiophene rings is 1. The predicted molar refractivity (Wildman–Crippen MR) is 78.4 cm³/mol. The monoisotopic (exact) mass is 312 g/mol. The van der Waals surface area contributed by atoms with Gasteiger partial charge in [0.25, 0.3) is 0 Å². The van der Waals surface area contributed by atoms with Gasteiger partial charge in [0.2, 0.25) is 10.0 Å². The first-order valence-corrected chi connectivity index (χ1v) is 8.35. The van der Waals surface area contributed by atoms with Crippen LogP contribution in [0.1, 0.15) is 23.8 Å². The van der Waals surface area contributed by atoms with Gasteiger partial charge in [0, 0.05) is 29.4 Å². The molecular weight excluding hydrogens is 296 g/mol. The van der Waals surface area contributed by atoms with E-state index in [-0.39, 0.29) is 19.6 Å². The first-order chi connectivity index (χ1) is 9.45. The summed E-state index contributed by atoms with van der Waals surface area (Å²) >= 11 is 1.40. The van der Waals surface area contributed by atoms with Crippen molar-refractivity contribution >= 4 is 21.4 Å². The molecule has 108 valence electrons. The van der Waals surface area contributed by atoms with Crippen molar-refractivity contribution in [3.8, 4) is 17.9 Å². The Morgan fingerprint density at radius 2 is 2.25 bits per heavy atom. The van der Waals surface area contributed by atoms with Gasteiger partial charge in [-0.1, -0.05) is 18.8 Å². The fourth-order valence-corrected chi connectivity index (χ4v) is 3.82. The van der Waals surface area contributed by atoms with Gasteiger partial charge < -0.3 is 5.11 Å². The lowest BCUT2D eigenvalue weighted by molar-refractivity contribution is 0.350. The molecule has 0 amide bonds. The van der Waals surface area contributed by atoms with Gasteiger partial charge in [0.1, 0.15) is 6.61 Å². The maximum Gasteiger partial charge on any atom is 0.230 e. The van der Waals surface area contributed by atoms with E-state index >= 15 is 0 Å². The fourth-order valence-electron chi connectivity index (χ4n) is 1.57. The zero-order valence-electron chi connectivity index (χ0n) is 11.3. The Hall–Kier alpha value is -1.38. The second-order valence-electron chi connectivity index (χ2n) is 4.09. The van der Waals surface area contributed by atoms with Crippen molar-refractivity contribution in [2.24, 2.45) is 0 Å². The summed E-state index contributed by atoms with van der Waals surface area (Å²) in [7, 11) is -2.14. The van der Waals surface area contributed by atoms with Crippen molar-refractivity contribution in [2.45, 2.75) is 25.1 Å². The lowest BCUT2D eigenvalue weighted by Crippen LogP contribution is -2.34. The van der Waals surface area contributed by atoms with Crippen LogP contribution in [-0.4, -0.2) is 36.7 Å². The zero-order chi connectivity index (χ0) is 15.2. The highest BCUT2D eigenvalue weighted by molar-refractivity contribution is 7.89. The summed E-state index contributed by atoms with van der Waals surface area (Å²) in [4.78, 5) is 0.839. The number of rotatable bonds is 5. The lowest BCUT2D eigenvalue weighted by Gasteiger charge is -2.18. The molecule has 1 N–H and O–H groups in total. The Balaban J connectivity index is 2.83. The highest BCUT2D eigenvalue weighted by atomic mass is 32.2. The van der Waals surface area contributed by atoms with Crippen LogP contribution in [0.5, 0.6) is 0 Å². The number of aliphatic hydroxyl groups is 1. The molecule has 7 heteroatoms. The molecule has 0 aliphatic heterocycles. The number of hydrogen-bond donors (Lipinski definition) is 1. The van der Waals surface area contributed by atoms with Crippen LogP contribution >= 0.6 is 11.3 Å². The van der Waals surface area contributed by atoms with E-state index in [9.17, 15) is 8.42 Å². The highest BCUT2D eigenvalue weighted by Gasteiger charge is 2.28. The van der Waals surface area contributed by atoms with Crippen LogP contribution in [0.25, 0.3) is 0 Å². The number of aliphatic hydroxyl groups excluding tert-OH is 1. The molecule has 0 aliphatic rings. The van der Waals surface area contributed by atoms with E-state index < -0.39 is 15.3 Å². The second-order valence-corrected chi connectivity index (χ2v) is 7.31. The van der Waals surface area contributed by atoms with Gasteiger partial charge in [-0.3, -0.25) is 0 Å². The Morgan fingerprint density at radius 3 is 2.80 bits per heavy atom. The number of nitriles is 1. The maximum absolute atomic E-state index is 12.1. The average molecular weight is 312 g/mol. The molecule has 0 bridgehead atoms. The van der Waals surface area contributed by atoms with E-state index in [1.54, 1.807) is 18.4 Å². The van der Waals surface area contributed by atoms with Gasteiger partial charge in [-0.2, -0.15) is 9.57 Å². The smallest absolute Gasteiger partial charge is 0.230 e. The van der Waals surface area contributed by atoms with Crippen molar-refractivity contribution < 1.29 is 13.5 Å². The Morgan fingerprint density at radius 1 is 1.55 bits per heavy atom. The predicted octanol–water partition coefficient (Wildman–Crippen LogP) is 1.16. The molecule has 1 unspecified atom stereocenters. The quantitative estimate of drug-likeness (QED) is 0.827. The molecule has 1 aromatic heterocycles. The van der Waals surface area contributed by atoms with Gasteiger partial charge in [0.15, 0.2) is 5.25 Å². The molecule has 0 aliphatic carbocycles. The first-order valence-electron chi connectivity index (χ1n) is 5.97. The van der Waals surface area contributed by atoms with Crippen molar-refractivity contribution in [3.05, 3.63) is 21.9 Å². The summed E-state index contributed by atoms with van der Waals surface area (Å²) in [6.07, 6.45) is 0.265. The first kappa shape index (κ1) is 16.7. The van der Waals surface area contributed by atoms with Gasteiger partial charge in [-0.15, -0.1) is 11.3 Å². The van der Waals surface area contributed by atoms with Gasteiger partial charge in [-0.25, -0.2) is 8.42 Å². The number of hydrogen-bond acceptors (Lipinski definition) is 5. The van der Waals surface area contributed by atoms with Crippen LogP contribution in [-0.2, 0) is 16.6 Å². The summed E-state index contributed by atoms with van der Waals surface area (Å²) in [5, 5.41) is 18.3. The van der Waals surface area contributed by atoms with E-state index in [1.165, 1.54) is 22.7 Å². The second kappa shape index (κ2) is 7.41. The summed E-state index contributed by atoms with van der Waals surface area (Å²) in [5.41, 5.74) is 0.747. The summed E-state index contributed by atoms with van der Waals surface area (Å²) in [5.74, 6) is 5.30. The van der Waals surface area contributed by atoms with Crippen molar-refractivity contribution in [1.29, 1.82) is 5.26 Å². The SMILES string of the molecule is CCC(C#N)S(=O)(=O)N(C)Cc1cc(C#CCO)cs1. The van der Waals surface area contributed by atoms with Crippen molar-refractivity contribution in [3.63, 3.8) is 0 Å². The minimum atomic E-state index is -3.60. The van der Waals surface area contributed by atoms with Crippen LogP contribution in [0, 0.1) is 23.2 Å². The van der Waals surface area contributed by atoms with Gasteiger partial charge in [-0.05, 0) is 12.5 Å². The molecule has 1 atom stereocenters. The normalized spacial score (nSPS) is 12.6. The molecule has 20 heavy (non-hydrogen) atoms. The van der Waals surface area contributed by atoms with E-state index in [4.69, 9.17) is 10.4 Å². The topological polar surface area (TPSA) is 81.4 Å². The molecule has 0 fully saturated rings. The molecular formula is C13H16N2O3S2. The Bertz CT molecular complexity index is 647.